The number of hydrogen-bond acceptors (Lipinski definition) is 7. The van der Waals surface area contributed by atoms with Gasteiger partial charge in [-0.05, 0) is 0 Å². The van der Waals surface area contributed by atoms with Crippen LogP contribution in [0.3, 0.4) is 0 Å². The fraction of sp³-hybridized carbons (Fsp3) is 0.636. The van der Waals surface area contributed by atoms with Crippen molar-refractivity contribution >= 4 is 22.4 Å². The van der Waals surface area contributed by atoms with Crippen LogP contribution < -0.4 is 5.32 Å². The fourth-order valence-corrected chi connectivity index (χ4v) is 2.01. The molecule has 1 rings (SSSR count). The van der Waals surface area contributed by atoms with Crippen molar-refractivity contribution < 1.29 is 19.0 Å². The predicted octanol–water partition coefficient (Wildman–Crippen LogP) is 0.932. The maximum Gasteiger partial charge on any atom is 0.311 e. The van der Waals surface area contributed by atoms with Crippen molar-refractivity contribution in [2.45, 2.75) is 12.5 Å². The van der Waals surface area contributed by atoms with E-state index in [4.69, 9.17) is 9.47 Å². The zero-order valence-corrected chi connectivity index (χ0v) is 11.6. The van der Waals surface area contributed by atoms with Gasteiger partial charge in [0.05, 0.1) is 31.9 Å². The molecule has 0 spiro atoms. The molecule has 0 saturated heterocycles. The lowest BCUT2D eigenvalue weighted by molar-refractivity contribution is -0.139. The van der Waals surface area contributed by atoms with E-state index in [1.54, 1.807) is 14.2 Å². The number of nitrogens with one attached hydrogen (secondary N) is 1. The molecule has 1 heterocycles. The molecule has 102 valence electrons. The minimum Gasteiger partial charge on any atom is -0.469 e. The van der Waals surface area contributed by atoms with E-state index in [1.807, 2.05) is 5.38 Å². The molecule has 0 aromatic carbocycles. The summed E-state index contributed by atoms with van der Waals surface area (Å²) in [4.78, 5) is 15.3. The number of aromatic nitrogens is 1. The van der Waals surface area contributed by atoms with Crippen LogP contribution in [0.15, 0.2) is 5.38 Å². The number of anilines is 1. The van der Waals surface area contributed by atoms with Gasteiger partial charge in [-0.2, -0.15) is 0 Å². The molecule has 1 unspecified atom stereocenters. The van der Waals surface area contributed by atoms with Crippen LogP contribution in [0.25, 0.3) is 0 Å². The van der Waals surface area contributed by atoms with E-state index in [-0.39, 0.29) is 18.5 Å². The lowest BCUT2D eigenvalue weighted by Crippen LogP contribution is -2.26. The van der Waals surface area contributed by atoms with Gasteiger partial charge in [-0.3, -0.25) is 4.79 Å². The van der Waals surface area contributed by atoms with Crippen molar-refractivity contribution in [2.24, 2.45) is 0 Å². The van der Waals surface area contributed by atoms with E-state index in [0.717, 1.165) is 5.13 Å². The third kappa shape index (κ3) is 4.99. The molecule has 0 aliphatic heterocycles. The Morgan fingerprint density at radius 3 is 2.89 bits per heavy atom. The predicted molar refractivity (Wildman–Crippen MR) is 69.0 cm³/mol. The van der Waals surface area contributed by atoms with Crippen molar-refractivity contribution in [3.05, 3.63) is 11.1 Å². The molecule has 0 aliphatic carbocycles. The Balaban J connectivity index is 2.41. The van der Waals surface area contributed by atoms with Gasteiger partial charge in [0.2, 0.25) is 0 Å². The summed E-state index contributed by atoms with van der Waals surface area (Å²) in [7, 11) is 4.63. The summed E-state index contributed by atoms with van der Waals surface area (Å²) >= 11 is 1.45. The van der Waals surface area contributed by atoms with Crippen LogP contribution in [0.4, 0.5) is 5.13 Å². The number of hydrogen-bond donors (Lipinski definition) is 1. The molecule has 0 bridgehead atoms. The van der Waals surface area contributed by atoms with Gasteiger partial charge < -0.3 is 19.5 Å². The van der Waals surface area contributed by atoms with Crippen molar-refractivity contribution in [3.8, 4) is 0 Å². The van der Waals surface area contributed by atoms with Gasteiger partial charge in [-0.25, -0.2) is 4.98 Å². The standard InChI is InChI=1S/C11H18N2O4S/c1-15-6-9(16-2)5-12-11-13-8(7-18-11)4-10(14)17-3/h7,9H,4-6H2,1-3H3,(H,12,13). The number of thiazole rings is 1. The number of carbonyl (C=O) groups is 1. The van der Waals surface area contributed by atoms with E-state index in [9.17, 15) is 4.79 Å². The Morgan fingerprint density at radius 2 is 2.28 bits per heavy atom. The van der Waals surface area contributed by atoms with E-state index in [2.05, 4.69) is 15.0 Å². The third-order valence-electron chi connectivity index (χ3n) is 2.27. The summed E-state index contributed by atoms with van der Waals surface area (Å²) in [6, 6.07) is 0. The van der Waals surface area contributed by atoms with Crippen LogP contribution in [0.5, 0.6) is 0 Å². The van der Waals surface area contributed by atoms with Crippen molar-refractivity contribution in [2.75, 3.05) is 39.8 Å². The van der Waals surface area contributed by atoms with Crippen LogP contribution in [0, 0.1) is 0 Å². The zero-order chi connectivity index (χ0) is 13.4. The Kier molecular flexibility index (Phi) is 6.63. The number of nitrogens with zero attached hydrogens (tertiary/aromatic N) is 1. The maximum atomic E-state index is 11.1. The van der Waals surface area contributed by atoms with Gasteiger partial charge in [0, 0.05) is 26.1 Å². The van der Waals surface area contributed by atoms with Crippen molar-refractivity contribution in [1.29, 1.82) is 0 Å². The molecule has 1 aromatic rings. The molecular formula is C11H18N2O4S. The fourth-order valence-electron chi connectivity index (χ4n) is 1.29. The van der Waals surface area contributed by atoms with Crippen molar-refractivity contribution in [3.63, 3.8) is 0 Å². The van der Waals surface area contributed by atoms with Gasteiger partial charge in [-0.15, -0.1) is 11.3 Å². The van der Waals surface area contributed by atoms with Crippen LogP contribution in [-0.4, -0.2) is 51.5 Å². The van der Waals surface area contributed by atoms with E-state index < -0.39 is 0 Å². The molecule has 1 atom stereocenters. The van der Waals surface area contributed by atoms with Crippen LogP contribution >= 0.6 is 11.3 Å². The highest BCUT2D eigenvalue weighted by molar-refractivity contribution is 7.13. The van der Waals surface area contributed by atoms with Gasteiger partial charge >= 0.3 is 5.97 Å². The summed E-state index contributed by atoms with van der Waals surface area (Å²) in [5, 5.41) is 5.73. The first kappa shape index (κ1) is 14.9. The van der Waals surface area contributed by atoms with Crippen molar-refractivity contribution in [1.82, 2.24) is 4.98 Å². The number of ether oxygens (including phenoxy) is 3. The first-order valence-corrected chi connectivity index (χ1v) is 6.34. The second-order valence-electron chi connectivity index (χ2n) is 3.59. The van der Waals surface area contributed by atoms with E-state index in [1.165, 1.54) is 18.4 Å². The Bertz CT molecular complexity index is 370. The Labute approximate surface area is 110 Å². The highest BCUT2D eigenvalue weighted by Gasteiger charge is 2.10. The molecule has 0 fully saturated rings. The molecule has 7 heteroatoms. The highest BCUT2D eigenvalue weighted by Crippen LogP contribution is 2.16. The molecule has 6 nitrogen and oxygen atoms in total. The first-order valence-electron chi connectivity index (χ1n) is 5.46. The zero-order valence-electron chi connectivity index (χ0n) is 10.8. The summed E-state index contributed by atoms with van der Waals surface area (Å²) in [5.41, 5.74) is 0.704. The molecule has 1 aromatic heterocycles. The second-order valence-corrected chi connectivity index (χ2v) is 4.45. The van der Waals surface area contributed by atoms with E-state index in [0.29, 0.717) is 18.8 Å². The molecule has 0 radical (unpaired) electrons. The smallest absolute Gasteiger partial charge is 0.311 e. The number of rotatable bonds is 8. The number of methoxy groups -OCH3 is 3. The minimum absolute atomic E-state index is 0.0250. The first-order chi connectivity index (χ1) is 8.69. The van der Waals surface area contributed by atoms with Crippen LogP contribution in [0.2, 0.25) is 0 Å². The summed E-state index contributed by atoms with van der Waals surface area (Å²) in [5.74, 6) is -0.291. The van der Waals surface area contributed by atoms with E-state index >= 15 is 0 Å². The lowest BCUT2D eigenvalue weighted by atomic mass is 10.3. The molecule has 0 amide bonds. The van der Waals surface area contributed by atoms with Crippen LogP contribution in [0.1, 0.15) is 5.69 Å². The topological polar surface area (TPSA) is 69.7 Å². The quantitative estimate of drug-likeness (QED) is 0.711. The normalized spacial score (nSPS) is 12.2. The summed E-state index contributed by atoms with van der Waals surface area (Å²) in [6.45, 7) is 1.12. The average molecular weight is 274 g/mol. The van der Waals surface area contributed by atoms with Gasteiger partial charge in [-0.1, -0.05) is 0 Å². The molecule has 0 saturated carbocycles. The molecular weight excluding hydrogens is 256 g/mol. The minimum atomic E-state index is -0.291. The van der Waals surface area contributed by atoms with Gasteiger partial charge in [0.1, 0.15) is 0 Å². The summed E-state index contributed by atoms with van der Waals surface area (Å²) in [6.07, 6.45) is 0.170. The lowest BCUT2D eigenvalue weighted by Gasteiger charge is -2.14. The summed E-state index contributed by atoms with van der Waals surface area (Å²) < 4.78 is 14.8. The SMILES string of the molecule is COCC(CNc1nc(CC(=O)OC)cs1)OC. The molecule has 0 aliphatic rings. The van der Waals surface area contributed by atoms with Gasteiger partial charge in [0.15, 0.2) is 5.13 Å². The second kappa shape index (κ2) is 8.02. The number of esters is 1. The largest absolute Gasteiger partial charge is 0.469 e. The molecule has 1 N–H and O–H groups in total. The third-order valence-corrected chi connectivity index (χ3v) is 3.12. The van der Waals surface area contributed by atoms with Gasteiger partial charge in [0.25, 0.3) is 0 Å². The Hall–Kier alpha value is -1.18. The maximum absolute atomic E-state index is 11.1. The van der Waals surface area contributed by atoms with Crippen LogP contribution in [-0.2, 0) is 25.4 Å². The highest BCUT2D eigenvalue weighted by atomic mass is 32.1. The Morgan fingerprint density at radius 1 is 1.50 bits per heavy atom. The monoisotopic (exact) mass is 274 g/mol. The number of carbonyl (C=O) groups excluding carboxylic acids is 1. The average Bonchev–Trinajstić information content (AvgIpc) is 2.81. The molecule has 18 heavy (non-hydrogen) atoms.